The first kappa shape index (κ1) is 22.1. The molecule has 36 heavy (non-hydrogen) atoms. The molecule has 0 amide bonds. The molecule has 5 heterocycles. The summed E-state index contributed by atoms with van der Waals surface area (Å²) < 4.78 is 0. The number of aromatic amines is 2. The molecule has 0 bridgehead atoms. The maximum atomic E-state index is 4.77. The Hall–Kier alpha value is -4.43. The first-order valence-corrected chi connectivity index (χ1v) is 12.0. The Bertz CT molecular complexity index is 1650. The highest BCUT2D eigenvalue weighted by molar-refractivity contribution is 5.97. The van der Waals surface area contributed by atoms with E-state index in [9.17, 15) is 0 Å². The summed E-state index contributed by atoms with van der Waals surface area (Å²) in [5, 5.41) is 8.74. The van der Waals surface area contributed by atoms with Crippen molar-refractivity contribution < 1.29 is 0 Å². The molecule has 0 fully saturated rings. The van der Waals surface area contributed by atoms with Gasteiger partial charge >= 0.3 is 0 Å². The summed E-state index contributed by atoms with van der Waals surface area (Å²) in [7, 11) is 4.20. The third kappa shape index (κ3) is 4.23. The number of hydrogen-bond acceptors (Lipinski definition) is 6. The molecule has 1 aromatic carbocycles. The summed E-state index contributed by atoms with van der Waals surface area (Å²) in [6, 6.07) is 14.5. The van der Waals surface area contributed by atoms with Crippen LogP contribution in [0.2, 0.25) is 0 Å². The van der Waals surface area contributed by atoms with Gasteiger partial charge in [-0.05, 0) is 86.6 Å². The number of nitrogens with one attached hydrogen (secondary N) is 2. The van der Waals surface area contributed by atoms with Crippen LogP contribution < -0.4 is 0 Å². The Morgan fingerprint density at radius 3 is 2.61 bits per heavy atom. The number of hydrogen-bond donors (Lipinski definition) is 2. The summed E-state index contributed by atoms with van der Waals surface area (Å²) >= 11 is 0. The minimum atomic E-state index is 0.654. The van der Waals surface area contributed by atoms with Crippen LogP contribution in [0.1, 0.15) is 12.0 Å². The van der Waals surface area contributed by atoms with Crippen LogP contribution in [0.3, 0.4) is 0 Å². The van der Waals surface area contributed by atoms with Gasteiger partial charge in [0.1, 0.15) is 5.69 Å². The zero-order chi connectivity index (χ0) is 24.5. The average molecular weight is 475 g/mol. The maximum Gasteiger partial charge on any atom is 0.178 e. The Morgan fingerprint density at radius 1 is 0.861 bits per heavy atom. The lowest BCUT2D eigenvalue weighted by molar-refractivity contribution is 0.400. The number of aromatic nitrogens is 7. The third-order valence-electron chi connectivity index (χ3n) is 6.37. The fourth-order valence-corrected chi connectivity index (χ4v) is 4.55. The first-order valence-electron chi connectivity index (χ1n) is 12.0. The number of rotatable bonds is 7. The second-order valence-corrected chi connectivity index (χ2v) is 9.20. The molecule has 0 unspecified atom stereocenters. The molecule has 2 N–H and O–H groups in total. The van der Waals surface area contributed by atoms with E-state index in [1.54, 1.807) is 18.6 Å². The number of H-pyrrole nitrogens is 2. The topological polar surface area (TPSA) is 99.3 Å². The zero-order valence-corrected chi connectivity index (χ0v) is 20.2. The predicted octanol–water partition coefficient (Wildman–Crippen LogP) is 5.12. The molecule has 6 aromatic rings. The fraction of sp³-hybridized carbons (Fsp3) is 0.179. The van der Waals surface area contributed by atoms with E-state index >= 15 is 0 Å². The number of pyridine rings is 3. The van der Waals surface area contributed by atoms with Gasteiger partial charge in [-0.25, -0.2) is 9.97 Å². The lowest BCUT2D eigenvalue weighted by atomic mass is 10.0. The van der Waals surface area contributed by atoms with E-state index in [4.69, 9.17) is 4.98 Å². The van der Waals surface area contributed by atoms with Crippen LogP contribution in [0.4, 0.5) is 0 Å². The Balaban J connectivity index is 1.38. The van der Waals surface area contributed by atoms with Gasteiger partial charge in [0.2, 0.25) is 0 Å². The lowest BCUT2D eigenvalue weighted by Gasteiger charge is -2.09. The maximum absolute atomic E-state index is 4.77. The molecular formula is C28H26N8. The molecule has 0 saturated heterocycles. The van der Waals surface area contributed by atoms with Crippen molar-refractivity contribution in [2.45, 2.75) is 12.8 Å². The molecule has 8 heteroatoms. The van der Waals surface area contributed by atoms with Gasteiger partial charge in [-0.1, -0.05) is 6.07 Å². The van der Waals surface area contributed by atoms with Crippen LogP contribution in [0.5, 0.6) is 0 Å². The van der Waals surface area contributed by atoms with Gasteiger partial charge in [-0.15, -0.1) is 0 Å². The molecule has 0 radical (unpaired) electrons. The van der Waals surface area contributed by atoms with E-state index in [2.05, 4.69) is 73.4 Å². The summed E-state index contributed by atoms with van der Waals surface area (Å²) in [5.41, 5.74) is 8.76. The van der Waals surface area contributed by atoms with E-state index in [0.717, 1.165) is 63.8 Å². The van der Waals surface area contributed by atoms with Crippen molar-refractivity contribution in [3.05, 3.63) is 79.0 Å². The highest BCUT2D eigenvalue weighted by Gasteiger charge is 2.16. The molecule has 0 aliphatic rings. The minimum absolute atomic E-state index is 0.654. The molecule has 0 saturated carbocycles. The molecular weight excluding hydrogens is 448 g/mol. The van der Waals surface area contributed by atoms with Gasteiger partial charge in [0.25, 0.3) is 0 Å². The summed E-state index contributed by atoms with van der Waals surface area (Å²) in [6.45, 7) is 1.06. The summed E-state index contributed by atoms with van der Waals surface area (Å²) in [4.78, 5) is 23.6. The summed E-state index contributed by atoms with van der Waals surface area (Å²) in [6.07, 6.45) is 11.3. The normalized spacial score (nSPS) is 11.6. The lowest BCUT2D eigenvalue weighted by Crippen LogP contribution is -2.13. The van der Waals surface area contributed by atoms with E-state index in [1.807, 2.05) is 30.6 Å². The second-order valence-electron chi connectivity index (χ2n) is 9.20. The van der Waals surface area contributed by atoms with Crippen molar-refractivity contribution in [3.8, 4) is 33.8 Å². The van der Waals surface area contributed by atoms with Gasteiger partial charge in [0.05, 0.1) is 11.0 Å². The quantitative estimate of drug-likeness (QED) is 0.333. The van der Waals surface area contributed by atoms with Crippen LogP contribution in [-0.2, 0) is 6.42 Å². The fourth-order valence-electron chi connectivity index (χ4n) is 4.55. The van der Waals surface area contributed by atoms with Crippen LogP contribution in [0, 0.1) is 0 Å². The summed E-state index contributed by atoms with van der Waals surface area (Å²) in [5.74, 6) is 0.679. The first-order chi connectivity index (χ1) is 17.7. The average Bonchev–Trinajstić information content (AvgIpc) is 3.53. The standard InChI is InChI=1S/C28H26N8/c1-36(2)13-3-4-18-14-21(17-30-16-18)20-5-6-24-23(15-20)26(35-34-24)28-32-25-22(9-12-31-27(25)33-28)19-7-10-29-11-8-19/h5-12,14-17H,3-4,13H2,1-2H3,(H,34,35)(H,31,32,33). The van der Waals surface area contributed by atoms with Crippen molar-refractivity contribution in [2.24, 2.45) is 0 Å². The van der Waals surface area contributed by atoms with E-state index in [1.165, 1.54) is 5.56 Å². The number of imidazole rings is 1. The number of fused-ring (bicyclic) bond motifs is 2. The molecule has 5 aromatic heterocycles. The molecule has 0 aliphatic carbocycles. The SMILES string of the molecule is CN(C)CCCc1cncc(-c2ccc3[nH]nc(-c4nc5nccc(-c6ccncc6)c5[nH]4)c3c2)c1. The van der Waals surface area contributed by atoms with Crippen LogP contribution >= 0.6 is 0 Å². The van der Waals surface area contributed by atoms with E-state index in [0.29, 0.717) is 11.5 Å². The number of aryl methyl sites for hydroxylation is 1. The van der Waals surface area contributed by atoms with Crippen molar-refractivity contribution in [1.82, 2.24) is 40.0 Å². The van der Waals surface area contributed by atoms with Gasteiger partial charge in [0, 0.05) is 47.5 Å². The third-order valence-corrected chi connectivity index (χ3v) is 6.37. The minimum Gasteiger partial charge on any atom is -0.335 e. The van der Waals surface area contributed by atoms with E-state index < -0.39 is 0 Å². The van der Waals surface area contributed by atoms with Gasteiger partial charge in [-0.3, -0.25) is 15.1 Å². The Labute approximate surface area is 208 Å². The molecule has 6 rings (SSSR count). The van der Waals surface area contributed by atoms with Gasteiger partial charge in [-0.2, -0.15) is 5.10 Å². The van der Waals surface area contributed by atoms with Crippen LogP contribution in [-0.4, -0.2) is 60.7 Å². The van der Waals surface area contributed by atoms with Crippen molar-refractivity contribution in [1.29, 1.82) is 0 Å². The monoisotopic (exact) mass is 474 g/mol. The Kier molecular flexibility index (Phi) is 5.71. The van der Waals surface area contributed by atoms with Gasteiger partial charge < -0.3 is 9.88 Å². The van der Waals surface area contributed by atoms with E-state index in [-0.39, 0.29) is 0 Å². The molecule has 0 atom stereocenters. The van der Waals surface area contributed by atoms with Crippen molar-refractivity contribution in [3.63, 3.8) is 0 Å². The highest BCUT2D eigenvalue weighted by Crippen LogP contribution is 2.32. The second kappa shape index (κ2) is 9.31. The predicted molar refractivity (Wildman–Crippen MR) is 142 cm³/mol. The largest absolute Gasteiger partial charge is 0.335 e. The Morgan fingerprint density at radius 2 is 1.75 bits per heavy atom. The van der Waals surface area contributed by atoms with Gasteiger partial charge in [0.15, 0.2) is 11.5 Å². The number of benzene rings is 1. The molecule has 0 spiro atoms. The van der Waals surface area contributed by atoms with Crippen LogP contribution in [0.25, 0.3) is 55.8 Å². The molecule has 0 aliphatic heterocycles. The van der Waals surface area contributed by atoms with Crippen LogP contribution in [0.15, 0.2) is 73.4 Å². The smallest absolute Gasteiger partial charge is 0.178 e. The van der Waals surface area contributed by atoms with Crippen molar-refractivity contribution in [2.75, 3.05) is 20.6 Å². The zero-order valence-electron chi connectivity index (χ0n) is 20.2. The molecule has 178 valence electrons. The molecule has 8 nitrogen and oxygen atoms in total. The highest BCUT2D eigenvalue weighted by atomic mass is 15.1. The number of nitrogens with zero attached hydrogens (tertiary/aromatic N) is 6. The van der Waals surface area contributed by atoms with Crippen molar-refractivity contribution >= 4 is 22.1 Å².